The van der Waals surface area contributed by atoms with Crippen molar-refractivity contribution in [3.63, 3.8) is 0 Å². The molecule has 0 fully saturated rings. The number of aromatic nitrogens is 1. The van der Waals surface area contributed by atoms with Crippen LogP contribution in [0.5, 0.6) is 5.75 Å². The molecule has 0 saturated carbocycles. The second kappa shape index (κ2) is 7.00. The fourth-order valence-electron chi connectivity index (χ4n) is 1.75. The topological polar surface area (TPSA) is 76.4 Å². The summed E-state index contributed by atoms with van der Waals surface area (Å²) >= 11 is 0. The van der Waals surface area contributed by atoms with Gasteiger partial charge in [0.25, 0.3) is 0 Å². The average molecular weight is 315 g/mol. The summed E-state index contributed by atoms with van der Waals surface area (Å²) in [5.74, 6) is 1.01. The normalized spacial score (nSPS) is 10.9. The maximum absolute atomic E-state index is 11.9. The average Bonchev–Trinajstić information content (AvgIpc) is 2.95. The summed E-state index contributed by atoms with van der Waals surface area (Å²) in [7, 11) is 0. The molecule has 0 saturated heterocycles. The lowest BCUT2D eigenvalue weighted by atomic mass is 9.92. The number of urea groups is 1. The molecule has 0 aliphatic heterocycles. The summed E-state index contributed by atoms with van der Waals surface area (Å²) < 4.78 is 10.5. The summed E-state index contributed by atoms with van der Waals surface area (Å²) in [5.41, 5.74) is 1.28. The van der Waals surface area contributed by atoms with E-state index in [1.807, 2.05) is 20.8 Å². The van der Waals surface area contributed by atoms with Crippen LogP contribution in [0.2, 0.25) is 0 Å². The van der Waals surface area contributed by atoms with Crippen LogP contribution in [0.3, 0.4) is 0 Å². The van der Waals surface area contributed by atoms with Crippen LogP contribution in [0, 0.1) is 0 Å². The minimum Gasteiger partial charge on any atom is -0.490 e. The molecule has 0 unspecified atom stereocenters. The van der Waals surface area contributed by atoms with Gasteiger partial charge in [0.15, 0.2) is 0 Å². The molecule has 6 nitrogen and oxygen atoms in total. The van der Waals surface area contributed by atoms with Crippen molar-refractivity contribution in [2.45, 2.75) is 26.2 Å². The smallest absolute Gasteiger partial charge is 0.326 e. The predicted octanol–water partition coefficient (Wildman–Crippen LogP) is 4.18. The third-order valence-electron chi connectivity index (χ3n) is 3.00. The lowest BCUT2D eigenvalue weighted by molar-refractivity contribution is 0.261. The minimum atomic E-state index is -0.402. The number of anilines is 2. The van der Waals surface area contributed by atoms with Gasteiger partial charge in [0, 0.05) is 17.2 Å². The molecule has 0 spiro atoms. The Hall–Kier alpha value is -2.76. The molecule has 1 aromatic heterocycles. The number of ether oxygens (including phenoxy) is 1. The minimum absolute atomic E-state index is 0.138. The summed E-state index contributed by atoms with van der Waals surface area (Å²) in [5, 5.41) is 9.26. The Morgan fingerprint density at radius 2 is 2.00 bits per heavy atom. The molecule has 0 radical (unpaired) electrons. The Bertz CT molecular complexity index is 669. The Balaban J connectivity index is 1.91. The molecule has 0 bridgehead atoms. The first-order chi connectivity index (χ1) is 10.9. The van der Waals surface area contributed by atoms with E-state index in [-0.39, 0.29) is 5.41 Å². The highest BCUT2D eigenvalue weighted by Crippen LogP contribution is 2.23. The zero-order valence-corrected chi connectivity index (χ0v) is 13.6. The van der Waals surface area contributed by atoms with E-state index in [1.165, 1.54) is 0 Å². The Morgan fingerprint density at radius 3 is 2.57 bits per heavy atom. The molecule has 2 N–H and O–H groups in total. The van der Waals surface area contributed by atoms with Crippen molar-refractivity contribution in [3.05, 3.63) is 48.7 Å². The molecule has 2 amide bonds. The van der Waals surface area contributed by atoms with Gasteiger partial charge in [-0.05, 0) is 24.3 Å². The molecule has 2 aromatic rings. The van der Waals surface area contributed by atoms with Crippen LogP contribution >= 0.6 is 0 Å². The Morgan fingerprint density at radius 1 is 1.30 bits per heavy atom. The molecule has 6 heteroatoms. The van der Waals surface area contributed by atoms with E-state index >= 15 is 0 Å². The van der Waals surface area contributed by atoms with Crippen LogP contribution in [0.4, 0.5) is 16.4 Å². The van der Waals surface area contributed by atoms with Gasteiger partial charge in [0.05, 0.1) is 5.69 Å². The number of nitrogens with zero attached hydrogens (tertiary/aromatic N) is 1. The van der Waals surface area contributed by atoms with Gasteiger partial charge >= 0.3 is 6.03 Å². The monoisotopic (exact) mass is 315 g/mol. The second-order valence-corrected chi connectivity index (χ2v) is 6.03. The molecule has 23 heavy (non-hydrogen) atoms. The predicted molar refractivity (Wildman–Crippen MR) is 90.0 cm³/mol. The number of hydrogen-bond acceptors (Lipinski definition) is 4. The first kappa shape index (κ1) is 16.6. The van der Waals surface area contributed by atoms with E-state index in [2.05, 4.69) is 22.4 Å². The van der Waals surface area contributed by atoms with Crippen molar-refractivity contribution in [2.75, 3.05) is 17.2 Å². The summed E-state index contributed by atoms with van der Waals surface area (Å²) in [4.78, 5) is 11.9. The number of carbonyl (C=O) groups is 1. The van der Waals surface area contributed by atoms with Crippen molar-refractivity contribution in [1.29, 1.82) is 0 Å². The molecule has 122 valence electrons. The largest absolute Gasteiger partial charge is 0.490 e. The fourth-order valence-corrected chi connectivity index (χ4v) is 1.75. The first-order valence-electron chi connectivity index (χ1n) is 7.27. The van der Waals surface area contributed by atoms with Crippen molar-refractivity contribution in [2.24, 2.45) is 0 Å². The molecule has 2 rings (SSSR count). The summed E-state index contributed by atoms with van der Waals surface area (Å²) in [6.45, 7) is 10.1. The molecular formula is C17H21N3O3. The van der Waals surface area contributed by atoms with Gasteiger partial charge in [0.2, 0.25) is 5.88 Å². The van der Waals surface area contributed by atoms with Crippen LogP contribution in [0.15, 0.2) is 47.5 Å². The number of carbonyl (C=O) groups excluding carboxylic acids is 1. The maximum Gasteiger partial charge on any atom is 0.326 e. The number of nitrogens with one attached hydrogen (secondary N) is 2. The number of rotatable bonds is 5. The summed E-state index contributed by atoms with van der Waals surface area (Å²) in [6.07, 6.45) is 1.67. The highest BCUT2D eigenvalue weighted by molar-refractivity contribution is 5.98. The summed E-state index contributed by atoms with van der Waals surface area (Å²) in [6, 6.07) is 8.35. The third-order valence-corrected chi connectivity index (χ3v) is 3.00. The lowest BCUT2D eigenvalue weighted by Crippen LogP contribution is -2.19. The van der Waals surface area contributed by atoms with Crippen molar-refractivity contribution < 1.29 is 14.1 Å². The zero-order valence-electron chi connectivity index (χ0n) is 13.6. The van der Waals surface area contributed by atoms with Gasteiger partial charge in [-0.2, -0.15) is 0 Å². The highest BCUT2D eigenvalue weighted by Gasteiger charge is 2.19. The maximum atomic E-state index is 11.9. The molecule has 1 aromatic carbocycles. The Labute approximate surface area is 135 Å². The van der Waals surface area contributed by atoms with Crippen molar-refractivity contribution in [1.82, 2.24) is 5.16 Å². The van der Waals surface area contributed by atoms with E-state index in [1.54, 1.807) is 36.4 Å². The van der Waals surface area contributed by atoms with E-state index in [0.717, 1.165) is 5.69 Å². The highest BCUT2D eigenvalue weighted by atomic mass is 16.5. The third kappa shape index (κ3) is 4.88. The van der Waals surface area contributed by atoms with Gasteiger partial charge in [-0.3, -0.25) is 5.32 Å². The van der Waals surface area contributed by atoms with E-state index in [0.29, 0.717) is 23.9 Å². The molecule has 0 atom stereocenters. The van der Waals surface area contributed by atoms with Gasteiger partial charge in [-0.1, -0.05) is 38.6 Å². The van der Waals surface area contributed by atoms with Crippen LogP contribution in [0.1, 0.15) is 26.5 Å². The Kier molecular flexibility index (Phi) is 5.05. The van der Waals surface area contributed by atoms with Gasteiger partial charge < -0.3 is 14.6 Å². The van der Waals surface area contributed by atoms with Crippen LogP contribution in [-0.4, -0.2) is 17.8 Å². The molecular weight excluding hydrogens is 294 g/mol. The lowest BCUT2D eigenvalue weighted by Gasteiger charge is -2.12. The number of hydrogen-bond donors (Lipinski definition) is 2. The van der Waals surface area contributed by atoms with Crippen LogP contribution < -0.4 is 15.4 Å². The SMILES string of the molecule is C=CCOc1ccc(NC(=O)Nc2cc(C(C)(C)C)no2)cc1. The van der Waals surface area contributed by atoms with Crippen molar-refractivity contribution >= 4 is 17.6 Å². The van der Waals surface area contributed by atoms with Gasteiger partial charge in [0.1, 0.15) is 12.4 Å². The standard InChI is InChI=1S/C17H21N3O3/c1-5-10-22-13-8-6-12(7-9-13)18-16(21)19-15-11-14(20-23-15)17(2,3)4/h5-9,11H,1,10H2,2-4H3,(H2,18,19,21). The molecule has 1 heterocycles. The van der Waals surface area contributed by atoms with Crippen LogP contribution in [-0.2, 0) is 5.41 Å². The zero-order chi connectivity index (χ0) is 16.9. The molecule has 0 aliphatic rings. The quantitative estimate of drug-likeness (QED) is 0.811. The molecule has 0 aliphatic carbocycles. The van der Waals surface area contributed by atoms with Gasteiger partial charge in [-0.15, -0.1) is 0 Å². The van der Waals surface area contributed by atoms with E-state index < -0.39 is 6.03 Å². The first-order valence-corrected chi connectivity index (χ1v) is 7.27. The van der Waals surface area contributed by atoms with Crippen LogP contribution in [0.25, 0.3) is 0 Å². The van der Waals surface area contributed by atoms with Crippen molar-refractivity contribution in [3.8, 4) is 5.75 Å². The van der Waals surface area contributed by atoms with Gasteiger partial charge in [-0.25, -0.2) is 4.79 Å². The fraction of sp³-hybridized carbons (Fsp3) is 0.294. The van der Waals surface area contributed by atoms with E-state index in [4.69, 9.17) is 9.26 Å². The number of amides is 2. The number of benzene rings is 1. The van der Waals surface area contributed by atoms with E-state index in [9.17, 15) is 4.79 Å². The second-order valence-electron chi connectivity index (χ2n) is 6.03.